The Bertz CT molecular complexity index is 388. The third kappa shape index (κ3) is 4.87. The van der Waals surface area contributed by atoms with Crippen molar-refractivity contribution in [2.45, 2.75) is 45.6 Å². The Morgan fingerprint density at radius 3 is 2.47 bits per heavy atom. The minimum absolute atomic E-state index is 0.260. The minimum Gasteiger partial charge on any atom is -0.495 e. The molecule has 0 saturated heterocycles. The normalized spacial score (nSPS) is 12.5. The van der Waals surface area contributed by atoms with Gasteiger partial charge in [-0.2, -0.15) is 0 Å². The van der Waals surface area contributed by atoms with Crippen LogP contribution in [0, 0.1) is 0 Å². The van der Waals surface area contributed by atoms with Crippen molar-refractivity contribution in [2.24, 2.45) is 0 Å². The molecule has 1 atom stereocenters. The Kier molecular flexibility index (Phi) is 7.59. The third-order valence-corrected chi connectivity index (χ3v) is 3.76. The predicted molar refractivity (Wildman–Crippen MR) is 83.6 cm³/mol. The maximum atomic E-state index is 6.35. The molecular weight excluding hydrogens is 281 g/mol. The Hall–Kier alpha value is -0.440. The molecule has 0 aromatic heterocycles. The van der Waals surface area contributed by atoms with Gasteiger partial charge in [0.2, 0.25) is 0 Å². The Morgan fingerprint density at radius 1 is 1.16 bits per heavy atom. The highest BCUT2D eigenvalue weighted by atomic mass is 35.5. The van der Waals surface area contributed by atoms with Gasteiger partial charge in [0.05, 0.1) is 12.1 Å². The Balaban J connectivity index is 2.96. The van der Waals surface area contributed by atoms with E-state index in [1.165, 1.54) is 12.8 Å². The molecule has 1 aromatic carbocycles. The molecule has 0 fully saturated rings. The first-order valence-electron chi connectivity index (χ1n) is 6.90. The number of halogens is 2. The summed E-state index contributed by atoms with van der Waals surface area (Å²) >= 11 is 12.6. The van der Waals surface area contributed by atoms with Gasteiger partial charge in [0, 0.05) is 17.1 Å². The topological polar surface area (TPSA) is 21.3 Å². The number of hydrogen-bond acceptors (Lipinski definition) is 2. The summed E-state index contributed by atoms with van der Waals surface area (Å²) in [6, 6.07) is 3.98. The fourth-order valence-electron chi connectivity index (χ4n) is 2.06. The molecule has 1 N–H and O–H groups in total. The average Bonchev–Trinajstić information content (AvgIpc) is 2.41. The van der Waals surface area contributed by atoms with Crippen molar-refractivity contribution in [2.75, 3.05) is 13.7 Å². The quantitative estimate of drug-likeness (QED) is 0.709. The summed E-state index contributed by atoms with van der Waals surface area (Å²) in [5.41, 5.74) is 1.06. The number of unbranched alkanes of at least 4 members (excludes halogenated alkanes) is 1. The molecule has 0 radical (unpaired) electrons. The molecule has 0 saturated carbocycles. The molecule has 0 amide bonds. The van der Waals surface area contributed by atoms with Crippen molar-refractivity contribution in [3.05, 3.63) is 27.7 Å². The second-order valence-corrected chi connectivity index (χ2v) is 5.47. The summed E-state index contributed by atoms with van der Waals surface area (Å²) in [7, 11) is 1.60. The van der Waals surface area contributed by atoms with Crippen LogP contribution in [0.5, 0.6) is 5.75 Å². The number of methoxy groups -OCH3 is 1. The summed E-state index contributed by atoms with van der Waals surface area (Å²) < 4.78 is 5.19. The van der Waals surface area contributed by atoms with Gasteiger partial charge in [-0.05, 0) is 31.0 Å². The molecule has 1 unspecified atom stereocenters. The van der Waals surface area contributed by atoms with Crippen molar-refractivity contribution in [1.82, 2.24) is 5.32 Å². The second kappa shape index (κ2) is 8.68. The molecule has 2 nitrogen and oxygen atoms in total. The van der Waals surface area contributed by atoms with Gasteiger partial charge < -0.3 is 10.1 Å². The number of benzene rings is 1. The SMILES string of the molecule is CCCCC(NCCC)c1cc(Cl)c(OC)cc1Cl. The largest absolute Gasteiger partial charge is 0.495 e. The van der Waals surface area contributed by atoms with Gasteiger partial charge in [0.15, 0.2) is 0 Å². The molecule has 19 heavy (non-hydrogen) atoms. The number of nitrogens with one attached hydrogen (secondary N) is 1. The van der Waals surface area contributed by atoms with E-state index in [4.69, 9.17) is 27.9 Å². The fraction of sp³-hybridized carbons (Fsp3) is 0.600. The maximum absolute atomic E-state index is 6.35. The zero-order chi connectivity index (χ0) is 14.3. The van der Waals surface area contributed by atoms with Crippen LogP contribution in [0.15, 0.2) is 12.1 Å². The van der Waals surface area contributed by atoms with E-state index >= 15 is 0 Å². The van der Waals surface area contributed by atoms with E-state index in [0.29, 0.717) is 15.8 Å². The van der Waals surface area contributed by atoms with E-state index in [0.717, 1.165) is 24.9 Å². The lowest BCUT2D eigenvalue weighted by atomic mass is 10.0. The Labute approximate surface area is 126 Å². The lowest BCUT2D eigenvalue weighted by Gasteiger charge is -2.21. The number of hydrogen-bond donors (Lipinski definition) is 1. The molecule has 0 heterocycles. The van der Waals surface area contributed by atoms with Crippen LogP contribution in [-0.4, -0.2) is 13.7 Å². The molecule has 0 aliphatic carbocycles. The van der Waals surface area contributed by atoms with Gasteiger partial charge in [-0.3, -0.25) is 0 Å². The molecule has 1 aromatic rings. The summed E-state index contributed by atoms with van der Waals surface area (Å²) in [4.78, 5) is 0. The van der Waals surface area contributed by atoms with Gasteiger partial charge in [-0.15, -0.1) is 0 Å². The second-order valence-electron chi connectivity index (χ2n) is 4.66. The van der Waals surface area contributed by atoms with Crippen molar-refractivity contribution < 1.29 is 4.74 Å². The van der Waals surface area contributed by atoms with Crippen molar-refractivity contribution in [3.8, 4) is 5.75 Å². The van der Waals surface area contributed by atoms with Crippen LogP contribution in [-0.2, 0) is 0 Å². The zero-order valence-electron chi connectivity index (χ0n) is 11.9. The maximum Gasteiger partial charge on any atom is 0.138 e. The molecular formula is C15H23Cl2NO. The van der Waals surface area contributed by atoms with E-state index in [2.05, 4.69) is 19.2 Å². The zero-order valence-corrected chi connectivity index (χ0v) is 13.4. The van der Waals surface area contributed by atoms with E-state index in [1.54, 1.807) is 13.2 Å². The van der Waals surface area contributed by atoms with Gasteiger partial charge >= 0.3 is 0 Å². The Morgan fingerprint density at radius 2 is 1.89 bits per heavy atom. The minimum atomic E-state index is 0.260. The van der Waals surface area contributed by atoms with Crippen LogP contribution >= 0.6 is 23.2 Å². The van der Waals surface area contributed by atoms with Crippen molar-refractivity contribution in [1.29, 1.82) is 0 Å². The first kappa shape index (κ1) is 16.6. The third-order valence-electron chi connectivity index (χ3n) is 3.13. The molecule has 1 rings (SSSR count). The van der Waals surface area contributed by atoms with Crippen LogP contribution in [0.4, 0.5) is 0 Å². The summed E-state index contributed by atoms with van der Waals surface area (Å²) in [5.74, 6) is 0.625. The molecule has 4 heteroatoms. The highest BCUT2D eigenvalue weighted by Crippen LogP contribution is 2.35. The highest BCUT2D eigenvalue weighted by Gasteiger charge is 2.16. The summed E-state index contributed by atoms with van der Waals surface area (Å²) in [6.45, 7) is 5.33. The van der Waals surface area contributed by atoms with Crippen LogP contribution in [0.25, 0.3) is 0 Å². The molecule has 0 bridgehead atoms. The monoisotopic (exact) mass is 303 g/mol. The first-order chi connectivity index (χ1) is 9.13. The smallest absolute Gasteiger partial charge is 0.138 e. The standard InChI is InChI=1S/C15H23Cl2NO/c1-4-6-7-14(18-8-5-2)11-9-13(17)15(19-3)10-12(11)16/h9-10,14,18H,4-8H2,1-3H3. The van der Waals surface area contributed by atoms with E-state index in [1.807, 2.05) is 6.07 Å². The number of ether oxygens (including phenoxy) is 1. The average molecular weight is 304 g/mol. The summed E-state index contributed by atoms with van der Waals surface area (Å²) in [5, 5.41) is 4.87. The van der Waals surface area contributed by atoms with Crippen molar-refractivity contribution >= 4 is 23.2 Å². The van der Waals surface area contributed by atoms with Crippen molar-refractivity contribution in [3.63, 3.8) is 0 Å². The van der Waals surface area contributed by atoms with Crippen LogP contribution < -0.4 is 10.1 Å². The van der Waals surface area contributed by atoms with E-state index < -0.39 is 0 Å². The number of rotatable bonds is 8. The van der Waals surface area contributed by atoms with Crippen LogP contribution in [0.1, 0.15) is 51.1 Å². The van der Waals surface area contributed by atoms with Crippen LogP contribution in [0.3, 0.4) is 0 Å². The van der Waals surface area contributed by atoms with Gasteiger partial charge in [0.25, 0.3) is 0 Å². The van der Waals surface area contributed by atoms with E-state index in [9.17, 15) is 0 Å². The first-order valence-corrected chi connectivity index (χ1v) is 7.65. The van der Waals surface area contributed by atoms with Crippen LogP contribution in [0.2, 0.25) is 10.0 Å². The predicted octanol–water partition coefficient (Wildman–Crippen LogP) is 5.23. The lowest BCUT2D eigenvalue weighted by Crippen LogP contribution is -2.22. The molecule has 108 valence electrons. The molecule has 0 spiro atoms. The fourth-order valence-corrected chi connectivity index (χ4v) is 2.60. The van der Waals surface area contributed by atoms with Gasteiger partial charge in [-0.25, -0.2) is 0 Å². The van der Waals surface area contributed by atoms with Gasteiger partial charge in [-0.1, -0.05) is 49.9 Å². The highest BCUT2D eigenvalue weighted by molar-refractivity contribution is 6.34. The molecule has 0 aliphatic rings. The molecule has 0 aliphatic heterocycles. The summed E-state index contributed by atoms with van der Waals surface area (Å²) in [6.07, 6.45) is 4.51. The van der Waals surface area contributed by atoms with Gasteiger partial charge in [0.1, 0.15) is 5.75 Å². The lowest BCUT2D eigenvalue weighted by molar-refractivity contribution is 0.414. The van der Waals surface area contributed by atoms with E-state index in [-0.39, 0.29) is 6.04 Å².